The molecule has 0 radical (unpaired) electrons. The molecule has 2 aromatic rings. The Morgan fingerprint density at radius 2 is 1.96 bits per heavy atom. The summed E-state index contributed by atoms with van der Waals surface area (Å²) in [6.45, 7) is -0.329. The van der Waals surface area contributed by atoms with Gasteiger partial charge in [0.15, 0.2) is 0 Å². The lowest BCUT2D eigenvalue weighted by Crippen LogP contribution is -2.40. The molecular formula is C18H21F3N2O5. The molecule has 0 saturated carbocycles. The van der Waals surface area contributed by atoms with E-state index in [4.69, 9.17) is 14.2 Å². The van der Waals surface area contributed by atoms with E-state index in [-0.39, 0.29) is 37.3 Å². The number of aliphatic hydroxyl groups excluding tert-OH is 2. The molecule has 1 aromatic carbocycles. The van der Waals surface area contributed by atoms with E-state index in [2.05, 4.69) is 5.10 Å². The maximum absolute atomic E-state index is 13.4. The highest BCUT2D eigenvalue weighted by Gasteiger charge is 2.39. The molecule has 0 amide bonds. The molecular weight excluding hydrogens is 381 g/mol. The zero-order chi connectivity index (χ0) is 20.3. The lowest BCUT2D eigenvalue weighted by Gasteiger charge is -2.31. The summed E-state index contributed by atoms with van der Waals surface area (Å²) in [5.41, 5.74) is -0.564. The fourth-order valence-corrected chi connectivity index (χ4v) is 3.06. The molecule has 1 aliphatic rings. The van der Waals surface area contributed by atoms with Crippen LogP contribution >= 0.6 is 0 Å². The Morgan fingerprint density at radius 3 is 2.57 bits per heavy atom. The highest BCUT2D eigenvalue weighted by molar-refractivity contribution is 5.39. The molecule has 1 aliphatic heterocycles. The third-order valence-electron chi connectivity index (χ3n) is 4.44. The van der Waals surface area contributed by atoms with Crippen molar-refractivity contribution in [3.63, 3.8) is 0 Å². The number of H-pyrrole nitrogens is 1. The van der Waals surface area contributed by atoms with Crippen molar-refractivity contribution in [1.82, 2.24) is 10.2 Å². The molecule has 10 heteroatoms. The van der Waals surface area contributed by atoms with Gasteiger partial charge in [-0.05, 0) is 17.7 Å². The summed E-state index contributed by atoms with van der Waals surface area (Å²) >= 11 is 0. The third-order valence-corrected chi connectivity index (χ3v) is 4.44. The minimum Gasteiger partial charge on any atom is -0.497 e. The molecule has 3 atom stereocenters. The minimum absolute atomic E-state index is 0.0622. The second kappa shape index (κ2) is 8.38. The molecule has 1 fully saturated rings. The third kappa shape index (κ3) is 4.75. The van der Waals surface area contributed by atoms with Crippen LogP contribution in [0.2, 0.25) is 0 Å². The predicted molar refractivity (Wildman–Crippen MR) is 91.0 cm³/mol. The number of aliphatic hydroxyl groups is 2. The smallest absolute Gasteiger partial charge is 0.433 e. The van der Waals surface area contributed by atoms with Crippen molar-refractivity contribution < 1.29 is 37.6 Å². The number of halogens is 3. The number of nitrogens with one attached hydrogen (secondary N) is 1. The maximum atomic E-state index is 13.4. The minimum atomic E-state index is -4.64. The van der Waals surface area contributed by atoms with Crippen molar-refractivity contribution >= 4 is 0 Å². The molecule has 0 spiro atoms. The van der Waals surface area contributed by atoms with Crippen molar-refractivity contribution in [2.75, 3.05) is 13.7 Å². The van der Waals surface area contributed by atoms with Crippen LogP contribution in [0.15, 0.2) is 24.3 Å². The van der Waals surface area contributed by atoms with E-state index in [1.165, 1.54) is 7.11 Å². The number of ether oxygens (including phenoxy) is 3. The second-order valence-corrected chi connectivity index (χ2v) is 6.52. The van der Waals surface area contributed by atoms with Gasteiger partial charge in [0, 0.05) is 19.3 Å². The van der Waals surface area contributed by atoms with Crippen molar-refractivity contribution in [3.8, 4) is 11.6 Å². The van der Waals surface area contributed by atoms with Crippen LogP contribution in [0.25, 0.3) is 0 Å². The van der Waals surface area contributed by atoms with E-state index in [0.717, 1.165) is 0 Å². The SMILES string of the molecule is COc1ccc(Cc2c(O[C@H]3C[C@@H](O)C[C@@H](CO)O3)n[nH]c2C(F)(F)F)cc1. The lowest BCUT2D eigenvalue weighted by molar-refractivity contribution is -0.186. The molecule has 0 unspecified atom stereocenters. The van der Waals surface area contributed by atoms with E-state index in [9.17, 15) is 23.4 Å². The highest BCUT2D eigenvalue weighted by Crippen LogP contribution is 2.36. The normalized spacial score (nSPS) is 22.9. The molecule has 2 heterocycles. The number of alkyl halides is 3. The Kier molecular flexibility index (Phi) is 6.11. The summed E-state index contributed by atoms with van der Waals surface area (Å²) in [6.07, 6.45) is -6.89. The second-order valence-electron chi connectivity index (χ2n) is 6.52. The number of hydrogen-bond donors (Lipinski definition) is 3. The topological polar surface area (TPSA) is 96.8 Å². The van der Waals surface area contributed by atoms with Crippen LogP contribution in [-0.2, 0) is 17.3 Å². The van der Waals surface area contributed by atoms with Gasteiger partial charge in [-0.1, -0.05) is 12.1 Å². The summed E-state index contributed by atoms with van der Waals surface area (Å²) in [6, 6.07) is 6.60. The van der Waals surface area contributed by atoms with E-state index in [1.54, 1.807) is 24.3 Å². The molecule has 3 N–H and O–H groups in total. The van der Waals surface area contributed by atoms with Crippen molar-refractivity contribution in [2.45, 2.75) is 43.9 Å². The monoisotopic (exact) mass is 402 g/mol. The summed E-state index contributed by atoms with van der Waals surface area (Å²) < 4.78 is 56.2. The van der Waals surface area contributed by atoms with E-state index < -0.39 is 30.4 Å². The first-order valence-electron chi connectivity index (χ1n) is 8.68. The van der Waals surface area contributed by atoms with Gasteiger partial charge in [0.1, 0.15) is 11.4 Å². The Balaban J connectivity index is 1.85. The molecule has 7 nitrogen and oxygen atoms in total. The Hall–Kier alpha value is -2.30. The number of rotatable bonds is 6. The quantitative estimate of drug-likeness (QED) is 0.686. The molecule has 0 bridgehead atoms. The lowest BCUT2D eigenvalue weighted by atomic mass is 10.0. The van der Waals surface area contributed by atoms with E-state index >= 15 is 0 Å². The maximum Gasteiger partial charge on any atom is 0.433 e. The molecule has 154 valence electrons. The van der Waals surface area contributed by atoms with Crippen LogP contribution in [0, 0.1) is 0 Å². The van der Waals surface area contributed by atoms with Gasteiger partial charge in [0.25, 0.3) is 0 Å². The van der Waals surface area contributed by atoms with Gasteiger partial charge in [0.2, 0.25) is 12.2 Å². The summed E-state index contributed by atoms with van der Waals surface area (Å²) in [5, 5.41) is 24.7. The van der Waals surface area contributed by atoms with Crippen LogP contribution in [-0.4, -0.2) is 52.6 Å². The first kappa shape index (κ1) is 20.4. The van der Waals surface area contributed by atoms with Gasteiger partial charge < -0.3 is 24.4 Å². The fourth-order valence-electron chi connectivity index (χ4n) is 3.06. The molecule has 3 rings (SSSR count). The first-order valence-corrected chi connectivity index (χ1v) is 8.68. The Labute approximate surface area is 159 Å². The van der Waals surface area contributed by atoms with Gasteiger partial charge in [-0.25, -0.2) is 0 Å². The zero-order valence-electron chi connectivity index (χ0n) is 15.1. The molecule has 0 aliphatic carbocycles. The number of aromatic nitrogens is 2. The zero-order valence-corrected chi connectivity index (χ0v) is 15.1. The summed E-state index contributed by atoms with van der Waals surface area (Å²) in [5.74, 6) is 0.335. The van der Waals surface area contributed by atoms with Crippen molar-refractivity contribution in [3.05, 3.63) is 41.1 Å². The van der Waals surface area contributed by atoms with E-state index in [0.29, 0.717) is 11.3 Å². The first-order chi connectivity index (χ1) is 13.3. The summed E-state index contributed by atoms with van der Waals surface area (Å²) in [7, 11) is 1.50. The van der Waals surface area contributed by atoms with Crippen LogP contribution in [0.5, 0.6) is 11.6 Å². The van der Waals surface area contributed by atoms with Gasteiger partial charge in [-0.15, -0.1) is 5.10 Å². The number of methoxy groups -OCH3 is 1. The molecule has 1 aromatic heterocycles. The number of benzene rings is 1. The largest absolute Gasteiger partial charge is 0.497 e. The highest BCUT2D eigenvalue weighted by atomic mass is 19.4. The number of aromatic amines is 1. The Morgan fingerprint density at radius 1 is 1.25 bits per heavy atom. The average Bonchev–Trinajstić information content (AvgIpc) is 3.04. The van der Waals surface area contributed by atoms with Crippen LogP contribution in [0.4, 0.5) is 13.2 Å². The average molecular weight is 402 g/mol. The number of hydrogen-bond acceptors (Lipinski definition) is 6. The van der Waals surface area contributed by atoms with Crippen molar-refractivity contribution in [2.24, 2.45) is 0 Å². The van der Waals surface area contributed by atoms with Gasteiger partial charge in [-0.3, -0.25) is 5.10 Å². The van der Waals surface area contributed by atoms with Crippen LogP contribution < -0.4 is 9.47 Å². The van der Waals surface area contributed by atoms with Crippen molar-refractivity contribution in [1.29, 1.82) is 0 Å². The molecule has 1 saturated heterocycles. The van der Waals surface area contributed by atoms with Gasteiger partial charge in [0.05, 0.1) is 31.5 Å². The Bertz CT molecular complexity index is 779. The summed E-state index contributed by atoms with van der Waals surface area (Å²) in [4.78, 5) is 0. The predicted octanol–water partition coefficient (Wildman–Crippen LogP) is 2.26. The number of nitrogens with zero attached hydrogens (tertiary/aromatic N) is 1. The van der Waals surface area contributed by atoms with E-state index in [1.807, 2.05) is 5.10 Å². The fraction of sp³-hybridized carbons (Fsp3) is 0.500. The standard InChI is InChI=1S/C18H21F3N2O5/c1-26-12-4-2-10(3-5-12)6-14-16(18(19,20)21)22-23-17(14)28-15-8-11(25)7-13(9-24)27-15/h2-5,11,13,15,24-25H,6-9H2,1H3,(H,22,23)/t11-,13-,15-/m0/s1. The van der Waals surface area contributed by atoms with Gasteiger partial charge in [-0.2, -0.15) is 13.2 Å². The van der Waals surface area contributed by atoms with Crippen LogP contribution in [0.1, 0.15) is 29.7 Å². The van der Waals surface area contributed by atoms with Crippen LogP contribution in [0.3, 0.4) is 0 Å². The molecule has 28 heavy (non-hydrogen) atoms. The van der Waals surface area contributed by atoms with Gasteiger partial charge >= 0.3 is 6.18 Å².